The number of aromatic nitrogens is 2. The minimum absolute atomic E-state index is 0.135. The van der Waals surface area contributed by atoms with Crippen LogP contribution in [0.1, 0.15) is 6.92 Å². The number of carbonyl (C=O) groups is 1. The monoisotopic (exact) mass is 258 g/mol. The number of carbonyl (C=O) groups excluding carboxylic acids is 1. The molecule has 2 N–H and O–H groups in total. The Morgan fingerprint density at radius 3 is 2.71 bits per heavy atom. The molecule has 6 heteroatoms. The summed E-state index contributed by atoms with van der Waals surface area (Å²) in [6, 6.07) is -0.250. The summed E-state index contributed by atoms with van der Waals surface area (Å²) in [5.41, 5.74) is 0. The minimum Gasteiger partial charge on any atom is -0.309 e. The summed E-state index contributed by atoms with van der Waals surface area (Å²) in [7, 11) is 1.72. The molecule has 0 aromatic carbocycles. The maximum atomic E-state index is 11.4. The Hall–Kier alpha value is -1.01. The summed E-state index contributed by atoms with van der Waals surface area (Å²) in [6.07, 6.45) is 3.02. The number of hydrogen-bond acceptors (Lipinski definition) is 4. The van der Waals surface area contributed by atoms with Crippen molar-refractivity contribution in [3.8, 4) is 0 Å². The average molecular weight is 259 g/mol. The Kier molecular flexibility index (Phi) is 3.97. The number of anilines is 1. The molecule has 0 aliphatic rings. The number of rotatable bonds is 3. The van der Waals surface area contributed by atoms with Crippen molar-refractivity contribution in [2.45, 2.75) is 13.0 Å². The Bertz CT molecular complexity index is 314. The third kappa shape index (κ3) is 3.04. The topological polar surface area (TPSA) is 66.9 Å². The van der Waals surface area contributed by atoms with Crippen molar-refractivity contribution in [2.75, 3.05) is 12.4 Å². The normalized spacial score (nSPS) is 12.2. The van der Waals surface area contributed by atoms with Gasteiger partial charge < -0.3 is 10.6 Å². The Labute approximate surface area is 90.5 Å². The van der Waals surface area contributed by atoms with Gasteiger partial charge in [-0.1, -0.05) is 0 Å². The van der Waals surface area contributed by atoms with Gasteiger partial charge in [0.05, 0.1) is 18.4 Å². The average Bonchev–Trinajstić information content (AvgIpc) is 2.20. The van der Waals surface area contributed by atoms with Crippen LogP contribution in [0.25, 0.3) is 0 Å². The van der Waals surface area contributed by atoms with Gasteiger partial charge in [-0.2, -0.15) is 0 Å². The van der Waals surface area contributed by atoms with Gasteiger partial charge in [0.15, 0.2) is 5.82 Å². The first-order valence-corrected chi connectivity index (χ1v) is 4.88. The molecule has 1 aromatic heterocycles. The van der Waals surface area contributed by atoms with Crippen LogP contribution in [-0.4, -0.2) is 29.0 Å². The van der Waals surface area contributed by atoms with Crippen molar-refractivity contribution in [3.05, 3.63) is 17.0 Å². The van der Waals surface area contributed by atoms with E-state index in [4.69, 9.17) is 0 Å². The van der Waals surface area contributed by atoms with Gasteiger partial charge in [-0.05, 0) is 29.9 Å². The van der Waals surface area contributed by atoms with Gasteiger partial charge in [0.2, 0.25) is 5.91 Å². The maximum absolute atomic E-state index is 11.4. The van der Waals surface area contributed by atoms with E-state index >= 15 is 0 Å². The van der Waals surface area contributed by atoms with Crippen molar-refractivity contribution < 1.29 is 4.79 Å². The van der Waals surface area contributed by atoms with Gasteiger partial charge in [-0.15, -0.1) is 0 Å². The molecule has 1 heterocycles. The van der Waals surface area contributed by atoms with Crippen LogP contribution in [0.3, 0.4) is 0 Å². The highest BCUT2D eigenvalue weighted by Crippen LogP contribution is 2.06. The summed E-state index contributed by atoms with van der Waals surface area (Å²) in [5, 5.41) is 5.45. The molecule has 1 atom stereocenters. The van der Waals surface area contributed by atoms with Gasteiger partial charge in [0.25, 0.3) is 0 Å². The third-order valence-corrected chi connectivity index (χ3v) is 2.11. The summed E-state index contributed by atoms with van der Waals surface area (Å²) in [4.78, 5) is 19.3. The standard InChI is InChI=1S/C8H11BrN4O/c1-5(10-2)8(14)13-7-4-11-6(9)3-12-7/h3-5,10H,1-2H3,(H,12,13,14). The van der Waals surface area contributed by atoms with E-state index in [0.717, 1.165) is 0 Å². The van der Waals surface area contributed by atoms with Crippen LogP contribution >= 0.6 is 15.9 Å². The molecule has 0 saturated carbocycles. The molecule has 1 rings (SSSR count). The molecule has 14 heavy (non-hydrogen) atoms. The number of hydrogen-bond donors (Lipinski definition) is 2. The van der Waals surface area contributed by atoms with Crippen LogP contribution in [0.15, 0.2) is 17.0 Å². The third-order valence-electron chi connectivity index (χ3n) is 1.70. The quantitative estimate of drug-likeness (QED) is 0.842. The zero-order chi connectivity index (χ0) is 10.6. The van der Waals surface area contributed by atoms with Crippen molar-refractivity contribution in [1.29, 1.82) is 0 Å². The van der Waals surface area contributed by atoms with E-state index in [0.29, 0.717) is 10.4 Å². The van der Waals surface area contributed by atoms with E-state index < -0.39 is 0 Å². The molecule has 5 nitrogen and oxygen atoms in total. The molecular formula is C8H11BrN4O. The van der Waals surface area contributed by atoms with Crippen molar-refractivity contribution >= 4 is 27.7 Å². The lowest BCUT2D eigenvalue weighted by Crippen LogP contribution is -2.35. The molecule has 0 fully saturated rings. The van der Waals surface area contributed by atoms with E-state index in [1.54, 1.807) is 14.0 Å². The van der Waals surface area contributed by atoms with E-state index in [-0.39, 0.29) is 11.9 Å². The number of nitrogens with one attached hydrogen (secondary N) is 2. The van der Waals surface area contributed by atoms with Crippen LogP contribution in [0.2, 0.25) is 0 Å². The largest absolute Gasteiger partial charge is 0.309 e. The predicted molar refractivity (Wildman–Crippen MR) is 56.9 cm³/mol. The highest BCUT2D eigenvalue weighted by molar-refractivity contribution is 9.10. The number of halogens is 1. The van der Waals surface area contributed by atoms with Crippen LogP contribution in [0.5, 0.6) is 0 Å². The fraction of sp³-hybridized carbons (Fsp3) is 0.375. The zero-order valence-corrected chi connectivity index (χ0v) is 9.50. The van der Waals surface area contributed by atoms with Gasteiger partial charge in [-0.25, -0.2) is 9.97 Å². The maximum Gasteiger partial charge on any atom is 0.242 e. The van der Waals surface area contributed by atoms with Crippen LogP contribution in [-0.2, 0) is 4.79 Å². The number of likely N-dealkylation sites (N-methyl/N-ethyl adjacent to an activating group) is 1. The fourth-order valence-electron chi connectivity index (χ4n) is 0.742. The smallest absolute Gasteiger partial charge is 0.242 e. The fourth-order valence-corrected chi connectivity index (χ4v) is 0.947. The molecule has 0 spiro atoms. The van der Waals surface area contributed by atoms with E-state index in [1.165, 1.54) is 12.4 Å². The molecular weight excluding hydrogens is 248 g/mol. The van der Waals surface area contributed by atoms with Crippen LogP contribution < -0.4 is 10.6 Å². The second-order valence-electron chi connectivity index (χ2n) is 2.72. The van der Waals surface area contributed by atoms with Gasteiger partial charge in [0.1, 0.15) is 4.60 Å². The summed E-state index contributed by atoms with van der Waals surface area (Å²) in [6.45, 7) is 1.77. The predicted octanol–water partition coefficient (Wildman–Crippen LogP) is 0.785. The summed E-state index contributed by atoms with van der Waals surface area (Å²) in [5.74, 6) is 0.310. The van der Waals surface area contributed by atoms with Crippen molar-refractivity contribution in [1.82, 2.24) is 15.3 Å². The molecule has 1 amide bonds. The number of nitrogens with zero attached hydrogens (tertiary/aromatic N) is 2. The van der Waals surface area contributed by atoms with Crippen molar-refractivity contribution in [2.24, 2.45) is 0 Å². The number of amides is 1. The molecule has 1 aromatic rings. The van der Waals surface area contributed by atoms with Gasteiger partial charge in [0, 0.05) is 0 Å². The van der Waals surface area contributed by atoms with Crippen molar-refractivity contribution in [3.63, 3.8) is 0 Å². The molecule has 0 aliphatic heterocycles. The molecule has 76 valence electrons. The van der Waals surface area contributed by atoms with E-state index in [2.05, 4.69) is 36.5 Å². The molecule has 1 unspecified atom stereocenters. The highest BCUT2D eigenvalue weighted by Gasteiger charge is 2.10. The Balaban J connectivity index is 2.60. The highest BCUT2D eigenvalue weighted by atomic mass is 79.9. The summed E-state index contributed by atoms with van der Waals surface area (Å²) < 4.78 is 0.636. The second-order valence-corrected chi connectivity index (χ2v) is 3.54. The van der Waals surface area contributed by atoms with Crippen LogP contribution in [0.4, 0.5) is 5.82 Å². The van der Waals surface area contributed by atoms with E-state index in [9.17, 15) is 4.79 Å². The van der Waals surface area contributed by atoms with Gasteiger partial charge in [-0.3, -0.25) is 4.79 Å². The SMILES string of the molecule is CNC(C)C(=O)Nc1cnc(Br)cn1. The molecule has 0 saturated heterocycles. The molecule has 0 aliphatic carbocycles. The minimum atomic E-state index is -0.250. The van der Waals surface area contributed by atoms with Crippen LogP contribution in [0, 0.1) is 0 Å². The first-order valence-electron chi connectivity index (χ1n) is 4.09. The lowest BCUT2D eigenvalue weighted by Gasteiger charge is -2.09. The Morgan fingerprint density at radius 1 is 1.50 bits per heavy atom. The first-order chi connectivity index (χ1) is 6.63. The van der Waals surface area contributed by atoms with Gasteiger partial charge >= 0.3 is 0 Å². The summed E-state index contributed by atoms with van der Waals surface area (Å²) >= 11 is 3.16. The molecule has 0 radical (unpaired) electrons. The molecule has 0 bridgehead atoms. The first kappa shape index (κ1) is 11.1. The zero-order valence-electron chi connectivity index (χ0n) is 7.91. The Morgan fingerprint density at radius 2 is 2.21 bits per heavy atom. The van der Waals surface area contributed by atoms with E-state index in [1.807, 2.05) is 0 Å². The lowest BCUT2D eigenvalue weighted by atomic mass is 10.3. The second kappa shape index (κ2) is 5.02. The lowest BCUT2D eigenvalue weighted by molar-refractivity contribution is -0.117.